The maximum absolute atomic E-state index is 13.4. The van der Waals surface area contributed by atoms with Gasteiger partial charge in [0.25, 0.3) is 0 Å². The van der Waals surface area contributed by atoms with Crippen molar-refractivity contribution >= 4 is 43.5 Å². The van der Waals surface area contributed by atoms with Crippen LogP contribution in [0.1, 0.15) is 15.9 Å². The Bertz CT molecular complexity index is 1330. The fraction of sp³-hybridized carbons (Fsp3) is 0.200. The number of carbonyl (C=O) groups excluding carboxylic acids is 2. The third-order valence-electron chi connectivity index (χ3n) is 5.21. The van der Waals surface area contributed by atoms with Crippen LogP contribution in [0.4, 0.5) is 5.69 Å². The zero-order chi connectivity index (χ0) is 26.3. The highest BCUT2D eigenvalue weighted by Crippen LogP contribution is 2.34. The van der Waals surface area contributed by atoms with Gasteiger partial charge >= 0.3 is 5.97 Å². The van der Waals surface area contributed by atoms with Crippen molar-refractivity contribution in [1.29, 1.82) is 0 Å². The van der Waals surface area contributed by atoms with Crippen molar-refractivity contribution in [2.24, 2.45) is 0 Å². The van der Waals surface area contributed by atoms with Crippen molar-refractivity contribution in [2.75, 3.05) is 26.6 Å². The van der Waals surface area contributed by atoms with E-state index in [-0.39, 0.29) is 34.1 Å². The molecule has 0 spiro atoms. The van der Waals surface area contributed by atoms with Crippen LogP contribution < -0.4 is 19.5 Å². The molecule has 1 amide bonds. The van der Waals surface area contributed by atoms with Gasteiger partial charge in [0.2, 0.25) is 15.9 Å². The molecule has 0 aromatic heterocycles. The molecule has 0 unspecified atom stereocenters. The number of amides is 1. The summed E-state index contributed by atoms with van der Waals surface area (Å²) in [5, 5.41) is 2.65. The maximum Gasteiger partial charge on any atom is 0.340 e. The smallest absolute Gasteiger partial charge is 0.340 e. The number of hydrogen-bond acceptors (Lipinski definition) is 7. The van der Waals surface area contributed by atoms with Gasteiger partial charge in [-0.2, -0.15) is 4.72 Å². The second kappa shape index (κ2) is 12.0. The van der Waals surface area contributed by atoms with Gasteiger partial charge in [-0.15, -0.1) is 0 Å². The predicted molar refractivity (Wildman–Crippen MR) is 138 cm³/mol. The number of hydrogen-bond donors (Lipinski definition) is 2. The number of ether oxygens (including phenoxy) is 3. The molecule has 1 atom stereocenters. The lowest BCUT2D eigenvalue weighted by Crippen LogP contribution is -2.45. The quantitative estimate of drug-likeness (QED) is 0.352. The number of nitrogens with one attached hydrogen (secondary N) is 2. The maximum atomic E-state index is 13.4. The van der Waals surface area contributed by atoms with Crippen LogP contribution in [-0.2, 0) is 26.0 Å². The summed E-state index contributed by atoms with van der Waals surface area (Å²) in [6.45, 7) is 0. The van der Waals surface area contributed by atoms with Gasteiger partial charge < -0.3 is 19.5 Å². The highest BCUT2D eigenvalue weighted by molar-refractivity contribution is 9.10. The Hall–Kier alpha value is -3.41. The highest BCUT2D eigenvalue weighted by atomic mass is 79.9. The van der Waals surface area contributed by atoms with Gasteiger partial charge in [-0.1, -0.05) is 46.3 Å². The Morgan fingerprint density at radius 3 is 2.11 bits per heavy atom. The first-order chi connectivity index (χ1) is 17.2. The van der Waals surface area contributed by atoms with Crippen LogP contribution in [0.15, 0.2) is 76.1 Å². The van der Waals surface area contributed by atoms with Crippen LogP contribution >= 0.6 is 15.9 Å². The SMILES string of the molecule is COC(=O)c1cc(OC)c(OC)cc1NC(=O)[C@@H](Cc1ccccc1)NS(=O)(=O)c1ccc(Br)cc1. The van der Waals surface area contributed by atoms with Crippen molar-refractivity contribution in [2.45, 2.75) is 17.4 Å². The molecule has 0 aliphatic rings. The molecule has 0 heterocycles. The van der Waals surface area contributed by atoms with Gasteiger partial charge in [0.05, 0.1) is 37.5 Å². The van der Waals surface area contributed by atoms with Crippen LogP contribution in [0, 0.1) is 0 Å². The first-order valence-electron chi connectivity index (χ1n) is 10.7. The Kier molecular flexibility index (Phi) is 9.08. The summed E-state index contributed by atoms with van der Waals surface area (Å²) in [4.78, 5) is 25.8. The lowest BCUT2D eigenvalue weighted by Gasteiger charge is -2.20. The molecule has 0 saturated carbocycles. The standard InChI is InChI=1S/C25H25BrN2O7S/c1-33-22-14-19(25(30)35-3)20(15-23(22)34-2)27-24(29)21(13-16-7-5-4-6-8-16)28-36(31,32)18-11-9-17(26)10-12-18/h4-12,14-15,21,28H,13H2,1-3H3,(H,27,29)/t21-/m1/s1. The van der Waals surface area contributed by atoms with Crippen LogP contribution in [0.25, 0.3) is 0 Å². The molecule has 0 aliphatic carbocycles. The van der Waals surface area contributed by atoms with Gasteiger partial charge in [0.1, 0.15) is 6.04 Å². The monoisotopic (exact) mass is 576 g/mol. The summed E-state index contributed by atoms with van der Waals surface area (Å²) in [5.74, 6) is -0.888. The zero-order valence-electron chi connectivity index (χ0n) is 19.8. The topological polar surface area (TPSA) is 120 Å². The molecule has 190 valence electrons. The third-order valence-corrected chi connectivity index (χ3v) is 7.22. The van der Waals surface area contributed by atoms with Gasteiger partial charge in [0, 0.05) is 16.6 Å². The number of anilines is 1. The molecule has 9 nitrogen and oxygen atoms in total. The van der Waals surface area contributed by atoms with E-state index in [2.05, 4.69) is 26.0 Å². The van der Waals surface area contributed by atoms with Gasteiger partial charge in [-0.3, -0.25) is 4.79 Å². The molecule has 0 aliphatic heterocycles. The normalized spacial score (nSPS) is 11.9. The van der Waals surface area contributed by atoms with Crippen LogP contribution in [0.5, 0.6) is 11.5 Å². The molecule has 0 bridgehead atoms. The molecule has 3 aromatic rings. The van der Waals surface area contributed by atoms with Gasteiger partial charge in [-0.05, 0) is 36.2 Å². The highest BCUT2D eigenvalue weighted by Gasteiger charge is 2.28. The molecule has 0 fully saturated rings. The minimum atomic E-state index is -4.06. The van der Waals surface area contributed by atoms with E-state index < -0.39 is 27.9 Å². The van der Waals surface area contributed by atoms with E-state index in [1.165, 1.54) is 45.6 Å². The molecule has 0 radical (unpaired) electrons. The molecule has 0 saturated heterocycles. The number of methoxy groups -OCH3 is 3. The zero-order valence-corrected chi connectivity index (χ0v) is 22.2. The molecular formula is C25H25BrN2O7S. The van der Waals surface area contributed by atoms with E-state index >= 15 is 0 Å². The third kappa shape index (κ3) is 6.62. The van der Waals surface area contributed by atoms with Crippen molar-refractivity contribution in [3.05, 3.63) is 82.3 Å². The second-order valence-corrected chi connectivity index (χ2v) is 10.2. The number of carbonyl (C=O) groups is 2. The Morgan fingerprint density at radius 1 is 0.917 bits per heavy atom. The average molecular weight is 577 g/mol. The van der Waals surface area contributed by atoms with E-state index in [1.54, 1.807) is 36.4 Å². The van der Waals surface area contributed by atoms with Crippen molar-refractivity contribution in [3.8, 4) is 11.5 Å². The van der Waals surface area contributed by atoms with E-state index in [0.29, 0.717) is 4.47 Å². The van der Waals surface area contributed by atoms with Crippen LogP contribution in [0.3, 0.4) is 0 Å². The Morgan fingerprint density at radius 2 is 1.53 bits per heavy atom. The molecule has 3 aromatic carbocycles. The minimum absolute atomic E-state index is 0.00192. The molecule has 3 rings (SSSR count). The van der Waals surface area contributed by atoms with Gasteiger partial charge in [-0.25, -0.2) is 13.2 Å². The second-order valence-electron chi connectivity index (χ2n) is 7.55. The van der Waals surface area contributed by atoms with Crippen LogP contribution in [0.2, 0.25) is 0 Å². The summed E-state index contributed by atoms with van der Waals surface area (Å²) < 4.78 is 44.7. The molecule has 36 heavy (non-hydrogen) atoms. The first kappa shape index (κ1) is 27.2. The average Bonchev–Trinajstić information content (AvgIpc) is 2.88. The minimum Gasteiger partial charge on any atom is -0.493 e. The van der Waals surface area contributed by atoms with Crippen molar-refractivity contribution in [3.63, 3.8) is 0 Å². The van der Waals surface area contributed by atoms with E-state index in [9.17, 15) is 18.0 Å². The van der Waals surface area contributed by atoms with Crippen molar-refractivity contribution in [1.82, 2.24) is 4.72 Å². The molecular weight excluding hydrogens is 552 g/mol. The summed E-state index contributed by atoms with van der Waals surface area (Å²) >= 11 is 3.28. The fourth-order valence-corrected chi connectivity index (χ4v) is 4.85. The number of benzene rings is 3. The van der Waals surface area contributed by atoms with Crippen LogP contribution in [-0.4, -0.2) is 47.7 Å². The Labute approximate surface area is 217 Å². The molecule has 11 heteroatoms. The molecule has 2 N–H and O–H groups in total. The summed E-state index contributed by atoms with van der Waals surface area (Å²) in [7, 11) is -0.0374. The predicted octanol–water partition coefficient (Wildman–Crippen LogP) is 3.78. The largest absolute Gasteiger partial charge is 0.493 e. The first-order valence-corrected chi connectivity index (χ1v) is 12.9. The summed E-state index contributed by atoms with van der Waals surface area (Å²) in [5.41, 5.74) is 0.819. The summed E-state index contributed by atoms with van der Waals surface area (Å²) in [6.07, 6.45) is 0.0588. The fourth-order valence-electron chi connectivity index (χ4n) is 3.39. The number of esters is 1. The number of rotatable bonds is 10. The van der Waals surface area contributed by atoms with Crippen molar-refractivity contribution < 1.29 is 32.2 Å². The number of sulfonamides is 1. The Balaban J connectivity index is 1.98. The number of halogens is 1. The van der Waals surface area contributed by atoms with E-state index in [4.69, 9.17) is 14.2 Å². The van der Waals surface area contributed by atoms with E-state index in [0.717, 1.165) is 5.56 Å². The lowest BCUT2D eigenvalue weighted by molar-refractivity contribution is -0.117. The lowest BCUT2D eigenvalue weighted by atomic mass is 10.1. The summed E-state index contributed by atoms with van der Waals surface area (Å²) in [6, 6.07) is 16.6. The van der Waals surface area contributed by atoms with Gasteiger partial charge in [0.15, 0.2) is 11.5 Å². The van der Waals surface area contributed by atoms with E-state index in [1.807, 2.05) is 6.07 Å².